The zero-order valence-electron chi connectivity index (χ0n) is 9.47. The van der Waals surface area contributed by atoms with E-state index in [9.17, 15) is 9.59 Å². The first-order chi connectivity index (χ1) is 8.61. The van der Waals surface area contributed by atoms with Crippen LogP contribution in [0.25, 0.3) is 5.57 Å². The van der Waals surface area contributed by atoms with Crippen molar-refractivity contribution in [3.05, 3.63) is 35.4 Å². The number of hydrogen-bond donors (Lipinski definition) is 0. The van der Waals surface area contributed by atoms with Crippen LogP contribution in [-0.4, -0.2) is 11.8 Å². The fourth-order valence-electron chi connectivity index (χ4n) is 1.91. The fraction of sp³-hybridized carbons (Fsp3) is 0.0769. The average Bonchev–Trinajstić information content (AvgIpc) is 2.64. The maximum atomic E-state index is 12.1. The summed E-state index contributed by atoms with van der Waals surface area (Å²) in [5, 5.41) is 17.7. The molecule has 18 heavy (non-hydrogen) atoms. The van der Waals surface area contributed by atoms with Crippen LogP contribution < -0.4 is 4.90 Å². The number of benzene rings is 1. The van der Waals surface area contributed by atoms with Crippen LogP contribution in [0.3, 0.4) is 0 Å². The summed E-state index contributed by atoms with van der Waals surface area (Å²) in [6, 6.07) is 9.95. The van der Waals surface area contributed by atoms with Crippen molar-refractivity contribution < 1.29 is 9.59 Å². The molecular weight excluding hydrogens is 230 g/mol. The topological polar surface area (TPSA) is 85.0 Å². The van der Waals surface area contributed by atoms with Gasteiger partial charge in [-0.05, 0) is 6.07 Å². The molecule has 5 nitrogen and oxygen atoms in total. The lowest BCUT2D eigenvalue weighted by Crippen LogP contribution is -2.31. The van der Waals surface area contributed by atoms with Crippen LogP contribution in [0.15, 0.2) is 29.8 Å². The van der Waals surface area contributed by atoms with Crippen molar-refractivity contribution in [2.45, 2.75) is 6.92 Å². The van der Waals surface area contributed by atoms with Gasteiger partial charge < -0.3 is 0 Å². The number of nitrogens with zero attached hydrogens (tertiary/aromatic N) is 3. The Labute approximate surface area is 103 Å². The second-order valence-corrected chi connectivity index (χ2v) is 3.65. The molecule has 0 N–H and O–H groups in total. The third-order valence-corrected chi connectivity index (χ3v) is 2.62. The molecule has 1 heterocycles. The van der Waals surface area contributed by atoms with E-state index in [1.807, 2.05) is 0 Å². The maximum absolute atomic E-state index is 12.1. The van der Waals surface area contributed by atoms with Gasteiger partial charge in [0.1, 0.15) is 17.7 Å². The number of hydrogen-bond acceptors (Lipinski definition) is 4. The van der Waals surface area contributed by atoms with Crippen molar-refractivity contribution in [2.75, 3.05) is 4.90 Å². The van der Waals surface area contributed by atoms with Gasteiger partial charge >= 0.3 is 0 Å². The molecule has 0 atom stereocenters. The number of imide groups is 1. The first kappa shape index (κ1) is 11.6. The summed E-state index contributed by atoms with van der Waals surface area (Å²) in [5.74, 6) is -1.07. The van der Waals surface area contributed by atoms with E-state index in [2.05, 4.69) is 0 Å². The number of allylic oxidation sites excluding steroid dienone is 1. The molecular formula is C13H7N3O2. The summed E-state index contributed by atoms with van der Waals surface area (Å²) in [7, 11) is 0. The zero-order valence-corrected chi connectivity index (χ0v) is 9.47. The molecule has 1 aromatic rings. The van der Waals surface area contributed by atoms with E-state index in [0.29, 0.717) is 11.3 Å². The number of amides is 2. The van der Waals surface area contributed by atoms with E-state index < -0.39 is 11.8 Å². The molecule has 0 saturated heterocycles. The van der Waals surface area contributed by atoms with Crippen LogP contribution >= 0.6 is 0 Å². The van der Waals surface area contributed by atoms with Gasteiger partial charge in [-0.25, -0.2) is 4.90 Å². The largest absolute Gasteiger partial charge is 0.274 e. The lowest BCUT2D eigenvalue weighted by molar-refractivity contribution is -0.122. The van der Waals surface area contributed by atoms with E-state index in [0.717, 1.165) is 4.90 Å². The summed E-state index contributed by atoms with van der Waals surface area (Å²) in [6.45, 7) is 1.26. The molecule has 1 aliphatic heterocycles. The number of nitriles is 2. The Morgan fingerprint density at radius 1 is 1.22 bits per heavy atom. The maximum Gasteiger partial charge on any atom is 0.267 e. The quantitative estimate of drug-likeness (QED) is 0.504. The molecule has 0 aliphatic carbocycles. The van der Waals surface area contributed by atoms with Crippen LogP contribution in [-0.2, 0) is 9.59 Å². The standard InChI is InChI=1S/C13H7N3O2/c1-8(17)16-11-5-3-2-4-10(11)12(13(16)18)9(6-14)7-15/h2-5H,1H3. The first-order valence-electron chi connectivity index (χ1n) is 5.10. The van der Waals surface area contributed by atoms with E-state index in [-0.39, 0.29) is 11.1 Å². The van der Waals surface area contributed by atoms with Crippen molar-refractivity contribution in [1.29, 1.82) is 10.5 Å². The molecule has 86 valence electrons. The summed E-state index contributed by atoms with van der Waals surface area (Å²) < 4.78 is 0. The molecule has 1 aliphatic rings. The highest BCUT2D eigenvalue weighted by Crippen LogP contribution is 2.38. The van der Waals surface area contributed by atoms with Crippen molar-refractivity contribution >= 4 is 23.1 Å². The predicted octanol–water partition coefficient (Wildman–Crippen LogP) is 1.38. The van der Waals surface area contributed by atoms with Crippen LogP contribution in [0.4, 0.5) is 5.69 Å². The normalized spacial score (nSPS) is 12.7. The van der Waals surface area contributed by atoms with Gasteiger partial charge in [-0.2, -0.15) is 10.5 Å². The summed E-state index contributed by atoms with van der Waals surface area (Å²) in [4.78, 5) is 24.6. The molecule has 0 spiro atoms. The molecule has 2 amide bonds. The van der Waals surface area contributed by atoms with E-state index in [1.165, 1.54) is 6.92 Å². The highest BCUT2D eigenvalue weighted by Gasteiger charge is 2.36. The predicted molar refractivity (Wildman–Crippen MR) is 62.8 cm³/mol. The summed E-state index contributed by atoms with van der Waals surface area (Å²) in [6.07, 6.45) is 0. The lowest BCUT2D eigenvalue weighted by Gasteiger charge is -2.11. The molecule has 0 radical (unpaired) electrons. The van der Waals surface area contributed by atoms with Crippen molar-refractivity contribution in [3.63, 3.8) is 0 Å². The van der Waals surface area contributed by atoms with Crippen LogP contribution in [0.1, 0.15) is 12.5 Å². The number of para-hydroxylation sites is 1. The van der Waals surface area contributed by atoms with E-state index >= 15 is 0 Å². The highest BCUT2D eigenvalue weighted by atomic mass is 16.2. The van der Waals surface area contributed by atoms with Crippen LogP contribution in [0, 0.1) is 22.7 Å². The van der Waals surface area contributed by atoms with Gasteiger partial charge in [-0.15, -0.1) is 0 Å². The van der Waals surface area contributed by atoms with Crippen LogP contribution in [0.5, 0.6) is 0 Å². The van der Waals surface area contributed by atoms with Crippen LogP contribution in [0.2, 0.25) is 0 Å². The molecule has 0 aromatic heterocycles. The number of carbonyl (C=O) groups excluding carboxylic acids is 2. The van der Waals surface area contributed by atoms with Gasteiger partial charge in [-0.1, -0.05) is 18.2 Å². The minimum Gasteiger partial charge on any atom is -0.274 e. The average molecular weight is 237 g/mol. The third-order valence-electron chi connectivity index (χ3n) is 2.62. The van der Waals surface area contributed by atoms with Gasteiger partial charge in [-0.3, -0.25) is 9.59 Å². The Hall–Kier alpha value is -2.92. The van der Waals surface area contributed by atoms with Gasteiger partial charge in [0.25, 0.3) is 5.91 Å². The zero-order chi connectivity index (χ0) is 13.3. The Kier molecular flexibility index (Phi) is 2.67. The molecule has 5 heteroatoms. The van der Waals surface area contributed by atoms with Gasteiger partial charge in [0.05, 0.1) is 11.3 Å². The Balaban J connectivity index is 2.80. The molecule has 1 aromatic carbocycles. The minimum absolute atomic E-state index is 0.00852. The van der Waals surface area contributed by atoms with Crippen molar-refractivity contribution in [3.8, 4) is 12.1 Å². The molecule has 0 saturated carbocycles. The number of anilines is 1. The van der Waals surface area contributed by atoms with E-state index in [4.69, 9.17) is 10.5 Å². The van der Waals surface area contributed by atoms with Gasteiger partial charge in [0.2, 0.25) is 5.91 Å². The second kappa shape index (κ2) is 4.15. The minimum atomic E-state index is -0.623. The summed E-state index contributed by atoms with van der Waals surface area (Å²) in [5.41, 5.74) is 0.561. The number of rotatable bonds is 0. The highest BCUT2D eigenvalue weighted by molar-refractivity contribution is 6.40. The molecule has 0 unspecified atom stereocenters. The Morgan fingerprint density at radius 2 is 1.83 bits per heavy atom. The van der Waals surface area contributed by atoms with Crippen molar-refractivity contribution in [1.82, 2.24) is 0 Å². The second-order valence-electron chi connectivity index (χ2n) is 3.65. The molecule has 2 rings (SSSR count). The molecule has 0 fully saturated rings. The fourth-order valence-corrected chi connectivity index (χ4v) is 1.91. The Morgan fingerprint density at radius 3 is 2.39 bits per heavy atom. The number of carbonyl (C=O) groups is 2. The van der Waals surface area contributed by atoms with Gasteiger partial charge in [0, 0.05) is 12.5 Å². The first-order valence-corrected chi connectivity index (χ1v) is 5.10. The lowest BCUT2D eigenvalue weighted by atomic mass is 10.0. The monoisotopic (exact) mass is 237 g/mol. The Bertz CT molecular complexity index is 658. The smallest absolute Gasteiger partial charge is 0.267 e. The van der Waals surface area contributed by atoms with E-state index in [1.54, 1.807) is 36.4 Å². The van der Waals surface area contributed by atoms with Crippen molar-refractivity contribution in [2.24, 2.45) is 0 Å². The molecule has 0 bridgehead atoms. The SMILES string of the molecule is CC(=O)N1C(=O)C(=C(C#N)C#N)c2ccccc21. The summed E-state index contributed by atoms with van der Waals surface area (Å²) >= 11 is 0. The third kappa shape index (κ3) is 1.47. The number of fused-ring (bicyclic) bond motifs is 1. The van der Waals surface area contributed by atoms with Gasteiger partial charge in [0.15, 0.2) is 0 Å².